The molecule has 1 fully saturated rings. The Bertz CT molecular complexity index is 1130. The summed E-state index contributed by atoms with van der Waals surface area (Å²) in [7, 11) is 0. The second-order valence-corrected chi connectivity index (χ2v) is 7.65. The lowest BCUT2D eigenvalue weighted by molar-refractivity contribution is -0.110. The maximum atomic E-state index is 12.9. The lowest BCUT2D eigenvalue weighted by Gasteiger charge is -2.29. The first-order valence-electron chi connectivity index (χ1n) is 10.4. The highest BCUT2D eigenvalue weighted by Gasteiger charge is 2.28. The number of amides is 1. The van der Waals surface area contributed by atoms with Crippen molar-refractivity contribution in [2.45, 2.75) is 0 Å². The van der Waals surface area contributed by atoms with Crippen LogP contribution in [0.15, 0.2) is 72.8 Å². The molecule has 31 heavy (non-hydrogen) atoms. The first-order valence-corrected chi connectivity index (χ1v) is 10.4. The lowest BCUT2D eigenvalue weighted by Crippen LogP contribution is -2.36. The molecule has 0 radical (unpaired) electrons. The van der Waals surface area contributed by atoms with Gasteiger partial charge in [0, 0.05) is 41.4 Å². The third kappa shape index (κ3) is 3.85. The van der Waals surface area contributed by atoms with Gasteiger partial charge in [0.15, 0.2) is 0 Å². The van der Waals surface area contributed by atoms with Crippen molar-refractivity contribution in [1.29, 1.82) is 0 Å². The van der Waals surface area contributed by atoms with Crippen LogP contribution in [-0.2, 0) is 9.53 Å². The number of anilines is 4. The molecule has 2 heterocycles. The highest BCUT2D eigenvalue weighted by atomic mass is 16.5. The molecular formula is C25H24N4O2. The number of nitrogens with one attached hydrogen (secondary N) is 2. The van der Waals surface area contributed by atoms with E-state index < -0.39 is 0 Å². The summed E-state index contributed by atoms with van der Waals surface area (Å²) in [5.74, 6) is -0.142. The Kier molecular flexibility index (Phi) is 5.06. The minimum absolute atomic E-state index is 0.142. The number of benzene rings is 3. The normalized spacial score (nSPS) is 17.2. The molecule has 156 valence electrons. The van der Waals surface area contributed by atoms with Crippen LogP contribution in [0.4, 0.5) is 22.7 Å². The fourth-order valence-electron chi connectivity index (χ4n) is 4.04. The SMILES string of the molecule is Nc1ccc2c(c1)/C(=C(/Nc1ccc(N3CCOCC3)cc1)c1ccccc1)C(=O)N2. The number of carbonyl (C=O) groups is 1. The largest absolute Gasteiger partial charge is 0.399 e. The predicted molar refractivity (Wildman–Crippen MR) is 126 cm³/mol. The van der Waals surface area contributed by atoms with Crippen LogP contribution in [0.3, 0.4) is 0 Å². The van der Waals surface area contributed by atoms with Crippen molar-refractivity contribution in [3.8, 4) is 0 Å². The number of hydrogen-bond acceptors (Lipinski definition) is 5. The van der Waals surface area contributed by atoms with Gasteiger partial charge in [0.2, 0.25) is 0 Å². The van der Waals surface area contributed by atoms with Gasteiger partial charge < -0.3 is 26.0 Å². The first kappa shape index (κ1) is 19.2. The lowest BCUT2D eigenvalue weighted by atomic mass is 9.99. The van der Waals surface area contributed by atoms with Gasteiger partial charge in [-0.3, -0.25) is 4.79 Å². The van der Waals surface area contributed by atoms with Crippen LogP contribution in [0.5, 0.6) is 0 Å². The molecule has 5 rings (SSSR count). The van der Waals surface area contributed by atoms with Crippen LogP contribution in [0.2, 0.25) is 0 Å². The van der Waals surface area contributed by atoms with Gasteiger partial charge in [0.25, 0.3) is 5.91 Å². The van der Waals surface area contributed by atoms with Gasteiger partial charge in [0.05, 0.1) is 24.5 Å². The second kappa shape index (κ2) is 8.16. The standard InChI is InChI=1S/C25H24N4O2/c26-18-6-11-22-21(16-18)23(25(30)28-22)24(17-4-2-1-3-5-17)27-19-7-9-20(10-8-19)29-12-14-31-15-13-29/h1-11,16,27H,12-15,26H2,(H,28,30)/b24-23-. The van der Waals surface area contributed by atoms with Crippen LogP contribution >= 0.6 is 0 Å². The van der Waals surface area contributed by atoms with Crippen molar-refractivity contribution in [3.63, 3.8) is 0 Å². The van der Waals surface area contributed by atoms with E-state index in [1.807, 2.05) is 54.6 Å². The van der Waals surface area contributed by atoms with E-state index in [1.165, 1.54) is 5.69 Å². The zero-order valence-electron chi connectivity index (χ0n) is 17.1. The molecule has 0 saturated carbocycles. The number of nitrogens with zero attached hydrogens (tertiary/aromatic N) is 1. The summed E-state index contributed by atoms with van der Waals surface area (Å²) in [6, 6.07) is 23.6. The average Bonchev–Trinajstić information content (AvgIpc) is 3.14. The molecule has 4 N–H and O–H groups in total. The number of ether oxygens (including phenoxy) is 1. The molecule has 2 aliphatic rings. The summed E-state index contributed by atoms with van der Waals surface area (Å²) in [5.41, 5.74) is 12.6. The summed E-state index contributed by atoms with van der Waals surface area (Å²) >= 11 is 0. The monoisotopic (exact) mass is 412 g/mol. The highest BCUT2D eigenvalue weighted by molar-refractivity contribution is 6.37. The minimum Gasteiger partial charge on any atom is -0.399 e. The third-order valence-electron chi connectivity index (χ3n) is 5.61. The molecule has 3 aromatic rings. The molecule has 6 heteroatoms. The van der Waals surface area contributed by atoms with Crippen molar-refractivity contribution in [3.05, 3.63) is 83.9 Å². The van der Waals surface area contributed by atoms with E-state index in [1.54, 1.807) is 6.07 Å². The second-order valence-electron chi connectivity index (χ2n) is 7.65. The van der Waals surface area contributed by atoms with Gasteiger partial charge in [-0.1, -0.05) is 30.3 Å². The van der Waals surface area contributed by atoms with Gasteiger partial charge in [-0.2, -0.15) is 0 Å². The molecule has 6 nitrogen and oxygen atoms in total. The predicted octanol–water partition coefficient (Wildman–Crippen LogP) is 4.04. The minimum atomic E-state index is -0.142. The van der Waals surface area contributed by atoms with Crippen molar-refractivity contribution in [1.82, 2.24) is 0 Å². The third-order valence-corrected chi connectivity index (χ3v) is 5.61. The number of fused-ring (bicyclic) bond motifs is 1. The molecule has 0 aromatic heterocycles. The van der Waals surface area contributed by atoms with E-state index in [2.05, 4.69) is 27.7 Å². The topological polar surface area (TPSA) is 79.6 Å². The quantitative estimate of drug-likeness (QED) is 0.445. The van der Waals surface area contributed by atoms with Gasteiger partial charge in [-0.25, -0.2) is 0 Å². The summed E-state index contributed by atoms with van der Waals surface area (Å²) in [5, 5.41) is 6.44. The summed E-state index contributed by atoms with van der Waals surface area (Å²) in [6.07, 6.45) is 0. The van der Waals surface area contributed by atoms with Gasteiger partial charge >= 0.3 is 0 Å². The van der Waals surface area contributed by atoms with E-state index in [-0.39, 0.29) is 5.91 Å². The van der Waals surface area contributed by atoms with Crippen molar-refractivity contribution < 1.29 is 9.53 Å². The number of rotatable bonds is 4. The van der Waals surface area contributed by atoms with Gasteiger partial charge in [-0.05, 0) is 48.0 Å². The zero-order valence-corrected chi connectivity index (χ0v) is 17.1. The molecule has 3 aromatic carbocycles. The summed E-state index contributed by atoms with van der Waals surface area (Å²) < 4.78 is 5.44. The summed E-state index contributed by atoms with van der Waals surface area (Å²) in [6.45, 7) is 3.29. The Hall–Kier alpha value is -3.77. The van der Waals surface area contributed by atoms with Gasteiger partial charge in [0.1, 0.15) is 0 Å². The molecule has 0 aliphatic carbocycles. The Morgan fingerprint density at radius 3 is 2.45 bits per heavy atom. The van der Waals surface area contributed by atoms with E-state index in [4.69, 9.17) is 10.5 Å². The number of nitrogen functional groups attached to an aromatic ring is 1. The van der Waals surface area contributed by atoms with Crippen molar-refractivity contribution in [2.75, 3.05) is 47.6 Å². The number of hydrogen-bond donors (Lipinski definition) is 3. The summed E-state index contributed by atoms with van der Waals surface area (Å²) in [4.78, 5) is 15.3. The number of nitrogens with two attached hydrogens (primary N) is 1. The van der Waals surface area contributed by atoms with Crippen LogP contribution in [-0.4, -0.2) is 32.2 Å². The molecular weight excluding hydrogens is 388 g/mol. The van der Waals surface area contributed by atoms with E-state index in [0.29, 0.717) is 11.3 Å². The molecule has 1 amide bonds. The van der Waals surface area contributed by atoms with Crippen LogP contribution in [0.1, 0.15) is 11.1 Å². The maximum Gasteiger partial charge on any atom is 0.258 e. The number of carbonyl (C=O) groups excluding carboxylic acids is 1. The van der Waals surface area contributed by atoms with Gasteiger partial charge in [-0.15, -0.1) is 0 Å². The molecule has 1 saturated heterocycles. The molecule has 0 bridgehead atoms. The first-order chi connectivity index (χ1) is 15.2. The highest BCUT2D eigenvalue weighted by Crippen LogP contribution is 2.38. The Balaban J connectivity index is 1.54. The zero-order chi connectivity index (χ0) is 21.2. The Morgan fingerprint density at radius 2 is 1.71 bits per heavy atom. The number of morpholine rings is 1. The molecule has 0 unspecified atom stereocenters. The van der Waals surface area contributed by atoms with Crippen LogP contribution in [0, 0.1) is 0 Å². The fraction of sp³-hybridized carbons (Fsp3) is 0.160. The van der Waals surface area contributed by atoms with Crippen molar-refractivity contribution >= 4 is 39.9 Å². The smallest absolute Gasteiger partial charge is 0.258 e. The molecule has 0 atom stereocenters. The Morgan fingerprint density at radius 1 is 0.968 bits per heavy atom. The van der Waals surface area contributed by atoms with E-state index >= 15 is 0 Å². The average molecular weight is 412 g/mol. The fourth-order valence-corrected chi connectivity index (χ4v) is 4.04. The Labute approximate surface area is 181 Å². The van der Waals surface area contributed by atoms with E-state index in [9.17, 15) is 4.79 Å². The molecule has 0 spiro atoms. The molecule has 2 aliphatic heterocycles. The van der Waals surface area contributed by atoms with E-state index in [0.717, 1.165) is 54.5 Å². The van der Waals surface area contributed by atoms with Crippen LogP contribution < -0.4 is 21.3 Å². The maximum absolute atomic E-state index is 12.9. The van der Waals surface area contributed by atoms with Crippen molar-refractivity contribution in [2.24, 2.45) is 0 Å². The van der Waals surface area contributed by atoms with Crippen LogP contribution in [0.25, 0.3) is 11.3 Å².